The van der Waals surface area contributed by atoms with Gasteiger partial charge in [0.1, 0.15) is 6.61 Å². The molecule has 1 saturated heterocycles. The molecule has 0 radical (unpaired) electrons. The van der Waals surface area contributed by atoms with Gasteiger partial charge in [-0.15, -0.1) is 0 Å². The second kappa shape index (κ2) is 11.2. The molecule has 0 saturated carbocycles. The van der Waals surface area contributed by atoms with Gasteiger partial charge >= 0.3 is 0 Å². The summed E-state index contributed by atoms with van der Waals surface area (Å²) in [6.45, 7) is 2.16. The minimum absolute atomic E-state index is 0.0930. The Labute approximate surface area is 146 Å². The zero-order valence-corrected chi connectivity index (χ0v) is 14.2. The highest BCUT2D eigenvalue weighted by Gasteiger charge is 2.35. The van der Waals surface area contributed by atoms with Crippen LogP contribution < -0.4 is 16.4 Å². The maximum absolute atomic E-state index is 12.2. The monoisotopic (exact) mass is 351 g/mol. The second-order valence-electron chi connectivity index (χ2n) is 5.49. The van der Waals surface area contributed by atoms with Gasteiger partial charge in [-0.25, -0.2) is 0 Å². The number of unbranched alkanes of at least 4 members (excludes halogenated alkanes) is 1. The van der Waals surface area contributed by atoms with Crippen molar-refractivity contribution >= 4 is 17.8 Å². The lowest BCUT2D eigenvalue weighted by atomic mass is 9.99. The van der Waals surface area contributed by atoms with E-state index in [1.807, 2.05) is 30.3 Å². The van der Waals surface area contributed by atoms with E-state index < -0.39 is 18.1 Å². The summed E-state index contributed by atoms with van der Waals surface area (Å²) in [5.74, 6) is -1.25. The van der Waals surface area contributed by atoms with Crippen LogP contribution >= 0.6 is 0 Å². The molecule has 1 heterocycles. The molecule has 0 aromatic heterocycles. The number of ether oxygens (including phenoxy) is 1. The molecule has 1 aliphatic rings. The molecule has 2 amide bonds. The topological polar surface area (TPSA) is 131 Å². The van der Waals surface area contributed by atoms with Crippen LogP contribution in [0.2, 0.25) is 0 Å². The number of benzene rings is 1. The number of carboxylic acid groups (broad SMARTS) is 1. The molecule has 8 nitrogen and oxygen atoms in total. The lowest BCUT2D eigenvalue weighted by molar-refractivity contribution is -0.148. The van der Waals surface area contributed by atoms with Crippen molar-refractivity contribution in [2.45, 2.75) is 31.9 Å². The fourth-order valence-corrected chi connectivity index (χ4v) is 2.28. The van der Waals surface area contributed by atoms with Gasteiger partial charge in [0.05, 0.1) is 6.04 Å². The Hall–Kier alpha value is -2.45. The standard InChI is InChI=1S/C15H21N3O3.C2H4O2/c16-8-4-5-9-17-15(20)14-13(18-12(19)10-21-14)11-6-2-1-3-7-11;1-2(3)4/h1-3,6-7,13-14H,4-5,8-10,16H2,(H,17,20)(H,18,19);1H3,(H,3,4)/t13-,14+;/m1./s1. The first-order chi connectivity index (χ1) is 12.0. The summed E-state index contributed by atoms with van der Waals surface area (Å²) in [6.07, 6.45) is 0.991. The highest BCUT2D eigenvalue weighted by Crippen LogP contribution is 2.22. The molecule has 0 bridgehead atoms. The first-order valence-corrected chi connectivity index (χ1v) is 8.09. The molecule has 2 rings (SSSR count). The van der Waals surface area contributed by atoms with E-state index >= 15 is 0 Å². The summed E-state index contributed by atoms with van der Waals surface area (Å²) in [5.41, 5.74) is 6.27. The van der Waals surface area contributed by atoms with Crippen molar-refractivity contribution in [3.05, 3.63) is 35.9 Å². The van der Waals surface area contributed by atoms with Crippen molar-refractivity contribution in [2.75, 3.05) is 19.7 Å². The van der Waals surface area contributed by atoms with E-state index in [1.165, 1.54) is 0 Å². The average molecular weight is 351 g/mol. The molecular weight excluding hydrogens is 326 g/mol. The molecule has 0 aliphatic carbocycles. The summed E-state index contributed by atoms with van der Waals surface area (Å²) >= 11 is 0. The van der Waals surface area contributed by atoms with Gasteiger partial charge in [-0.1, -0.05) is 30.3 Å². The predicted molar refractivity (Wildman–Crippen MR) is 91.7 cm³/mol. The number of carboxylic acids is 1. The van der Waals surface area contributed by atoms with E-state index in [2.05, 4.69) is 10.6 Å². The minimum Gasteiger partial charge on any atom is -0.481 e. The summed E-state index contributed by atoms with van der Waals surface area (Å²) in [6, 6.07) is 8.90. The molecular formula is C17H25N3O5. The van der Waals surface area contributed by atoms with Crippen molar-refractivity contribution in [3.63, 3.8) is 0 Å². The quantitative estimate of drug-likeness (QED) is 0.541. The van der Waals surface area contributed by atoms with Crippen LogP contribution in [0.3, 0.4) is 0 Å². The van der Waals surface area contributed by atoms with E-state index in [0.29, 0.717) is 13.1 Å². The number of rotatable bonds is 6. The third-order valence-electron chi connectivity index (χ3n) is 3.36. The number of hydrogen-bond acceptors (Lipinski definition) is 5. The molecule has 25 heavy (non-hydrogen) atoms. The molecule has 8 heteroatoms. The molecule has 1 aliphatic heterocycles. The minimum atomic E-state index is -0.833. The third kappa shape index (κ3) is 7.77. The zero-order chi connectivity index (χ0) is 18.7. The Morgan fingerprint density at radius 1 is 1.32 bits per heavy atom. The van der Waals surface area contributed by atoms with Gasteiger partial charge in [-0.3, -0.25) is 14.4 Å². The molecule has 138 valence electrons. The number of carbonyl (C=O) groups excluding carboxylic acids is 2. The summed E-state index contributed by atoms with van der Waals surface area (Å²) in [7, 11) is 0. The predicted octanol–water partition coefficient (Wildman–Crippen LogP) is 0.189. The molecule has 5 N–H and O–H groups in total. The van der Waals surface area contributed by atoms with E-state index in [-0.39, 0.29) is 18.4 Å². The lowest BCUT2D eigenvalue weighted by Gasteiger charge is -2.31. The summed E-state index contributed by atoms with van der Waals surface area (Å²) in [5, 5.41) is 13.1. The second-order valence-corrected chi connectivity index (χ2v) is 5.49. The average Bonchev–Trinajstić information content (AvgIpc) is 2.59. The number of nitrogens with two attached hydrogens (primary N) is 1. The molecule has 1 fully saturated rings. The van der Waals surface area contributed by atoms with Gasteiger partial charge in [0.25, 0.3) is 11.9 Å². The van der Waals surface area contributed by atoms with Crippen LogP contribution in [0.15, 0.2) is 30.3 Å². The zero-order valence-electron chi connectivity index (χ0n) is 14.2. The number of nitrogens with one attached hydrogen (secondary N) is 2. The van der Waals surface area contributed by atoms with Crippen LogP contribution in [0.25, 0.3) is 0 Å². The number of amides is 2. The van der Waals surface area contributed by atoms with Crippen LogP contribution in [0, 0.1) is 0 Å². The maximum atomic E-state index is 12.2. The highest BCUT2D eigenvalue weighted by molar-refractivity contribution is 5.86. The third-order valence-corrected chi connectivity index (χ3v) is 3.36. The molecule has 0 unspecified atom stereocenters. The summed E-state index contributed by atoms with van der Waals surface area (Å²) in [4.78, 5) is 32.8. The number of aliphatic carboxylic acids is 1. The van der Waals surface area contributed by atoms with Crippen molar-refractivity contribution in [2.24, 2.45) is 5.73 Å². The fourth-order valence-electron chi connectivity index (χ4n) is 2.28. The van der Waals surface area contributed by atoms with Crippen LogP contribution in [0.4, 0.5) is 0 Å². The Morgan fingerprint density at radius 3 is 2.56 bits per heavy atom. The first-order valence-electron chi connectivity index (χ1n) is 8.09. The maximum Gasteiger partial charge on any atom is 0.300 e. The van der Waals surface area contributed by atoms with Crippen molar-refractivity contribution in [3.8, 4) is 0 Å². The number of carbonyl (C=O) groups is 3. The van der Waals surface area contributed by atoms with E-state index in [4.69, 9.17) is 20.4 Å². The Morgan fingerprint density at radius 2 is 1.96 bits per heavy atom. The van der Waals surface area contributed by atoms with Crippen LogP contribution in [-0.4, -0.2) is 48.7 Å². The lowest BCUT2D eigenvalue weighted by Crippen LogP contribution is -2.52. The number of hydrogen-bond donors (Lipinski definition) is 4. The van der Waals surface area contributed by atoms with Gasteiger partial charge in [0, 0.05) is 13.5 Å². The number of morpholine rings is 1. The Bertz CT molecular complexity index is 561. The Kier molecular flexibility index (Phi) is 9.20. The van der Waals surface area contributed by atoms with Crippen molar-refractivity contribution in [1.82, 2.24) is 10.6 Å². The molecule has 1 aromatic rings. The smallest absolute Gasteiger partial charge is 0.300 e. The highest BCUT2D eigenvalue weighted by atomic mass is 16.5. The van der Waals surface area contributed by atoms with Crippen LogP contribution in [0.5, 0.6) is 0 Å². The first kappa shape index (κ1) is 20.6. The van der Waals surface area contributed by atoms with Gasteiger partial charge in [0.15, 0.2) is 6.10 Å². The van der Waals surface area contributed by atoms with Crippen LogP contribution in [0.1, 0.15) is 31.4 Å². The van der Waals surface area contributed by atoms with E-state index in [0.717, 1.165) is 25.3 Å². The Balaban J connectivity index is 0.000000705. The summed E-state index contributed by atoms with van der Waals surface area (Å²) < 4.78 is 5.43. The molecule has 1 aromatic carbocycles. The molecule has 0 spiro atoms. The fraction of sp³-hybridized carbons (Fsp3) is 0.471. The normalized spacial score (nSPS) is 19.2. The van der Waals surface area contributed by atoms with Gasteiger partial charge in [-0.2, -0.15) is 0 Å². The van der Waals surface area contributed by atoms with Crippen molar-refractivity contribution < 1.29 is 24.2 Å². The van der Waals surface area contributed by atoms with Gasteiger partial charge in [0.2, 0.25) is 5.91 Å². The van der Waals surface area contributed by atoms with Gasteiger partial charge < -0.3 is 26.2 Å². The van der Waals surface area contributed by atoms with Crippen LogP contribution in [-0.2, 0) is 19.1 Å². The van der Waals surface area contributed by atoms with Crippen molar-refractivity contribution in [1.29, 1.82) is 0 Å². The van der Waals surface area contributed by atoms with E-state index in [1.54, 1.807) is 0 Å². The SMILES string of the molecule is CC(=O)O.NCCCCNC(=O)[C@H]1OCC(=O)N[C@@H]1c1ccccc1. The van der Waals surface area contributed by atoms with E-state index in [9.17, 15) is 9.59 Å². The van der Waals surface area contributed by atoms with Gasteiger partial charge in [-0.05, 0) is 24.9 Å². The molecule has 2 atom stereocenters. The largest absolute Gasteiger partial charge is 0.481 e.